The summed E-state index contributed by atoms with van der Waals surface area (Å²) in [6, 6.07) is 21.4. The van der Waals surface area contributed by atoms with Gasteiger partial charge in [0.15, 0.2) is 0 Å². The van der Waals surface area contributed by atoms with E-state index >= 15 is 0 Å². The molecule has 0 unspecified atom stereocenters. The largest absolute Gasteiger partial charge is 0.241 e. The molecule has 0 aliphatic heterocycles. The quantitative estimate of drug-likeness (QED) is 0.673. The monoisotopic (exact) mass is 283 g/mol. The minimum Gasteiger partial charge on any atom is -0.241 e. The van der Waals surface area contributed by atoms with Gasteiger partial charge in [0, 0.05) is 13.3 Å². The average molecular weight is 283 g/mol. The van der Waals surface area contributed by atoms with Crippen LogP contribution in [0.25, 0.3) is 0 Å². The Morgan fingerprint density at radius 2 is 1.37 bits per heavy atom. The zero-order chi connectivity index (χ0) is 13.1. The lowest BCUT2D eigenvalue weighted by atomic mass is 10.4. The summed E-state index contributed by atoms with van der Waals surface area (Å²) in [6.45, 7) is 2.07. The van der Waals surface area contributed by atoms with Crippen LogP contribution in [0.3, 0.4) is 0 Å². The minimum absolute atomic E-state index is 0.526. The van der Waals surface area contributed by atoms with Crippen molar-refractivity contribution >= 4 is 35.3 Å². The van der Waals surface area contributed by atoms with Crippen molar-refractivity contribution < 1.29 is 0 Å². The fraction of sp³-hybridized carbons (Fsp3) is 0.0625. The van der Waals surface area contributed by atoms with E-state index in [2.05, 4.69) is 73.0 Å². The van der Waals surface area contributed by atoms with Crippen LogP contribution < -0.4 is 16.0 Å². The lowest BCUT2D eigenvalue weighted by molar-refractivity contribution is 1.34. The van der Waals surface area contributed by atoms with E-state index in [-0.39, 0.29) is 0 Å². The number of aromatic nitrogens is 1. The third-order valence-electron chi connectivity index (χ3n) is 2.86. The molecule has 1 aromatic heterocycles. The fourth-order valence-electron chi connectivity index (χ4n) is 2.02. The average Bonchev–Trinajstić information content (AvgIpc) is 2.88. The van der Waals surface area contributed by atoms with Crippen LogP contribution in [0.5, 0.6) is 0 Å². The van der Waals surface area contributed by atoms with Crippen molar-refractivity contribution in [2.45, 2.75) is 6.92 Å². The normalized spacial score (nSPS) is 10.8. The smallest absolute Gasteiger partial charge is 0.0902 e. The molecule has 3 rings (SSSR count). The Kier molecular flexibility index (Phi) is 3.72. The molecular formula is C16H14NPS. The van der Waals surface area contributed by atoms with Crippen molar-refractivity contribution in [2.75, 3.05) is 0 Å². The molecular weight excluding hydrogens is 269 g/mol. The maximum absolute atomic E-state index is 4.71. The molecule has 3 heteroatoms. The van der Waals surface area contributed by atoms with Crippen molar-refractivity contribution in [3.05, 3.63) is 71.1 Å². The van der Waals surface area contributed by atoms with E-state index in [1.165, 1.54) is 16.0 Å². The van der Waals surface area contributed by atoms with Gasteiger partial charge in [-0.3, -0.25) is 0 Å². The van der Waals surface area contributed by atoms with Gasteiger partial charge < -0.3 is 0 Å². The molecule has 2 aromatic carbocycles. The summed E-state index contributed by atoms with van der Waals surface area (Å²) in [5, 5.41) is 6.04. The molecule has 0 aliphatic carbocycles. The number of aryl methyl sites for hydroxylation is 1. The first-order valence-corrected chi connectivity index (χ1v) is 8.39. The first kappa shape index (κ1) is 12.5. The summed E-state index contributed by atoms with van der Waals surface area (Å²) in [4.78, 5) is 4.71. The molecule has 0 aliphatic rings. The molecule has 0 saturated carbocycles. The molecule has 1 nitrogen and oxygen atoms in total. The zero-order valence-electron chi connectivity index (χ0n) is 10.7. The first-order valence-electron chi connectivity index (χ1n) is 6.17. The van der Waals surface area contributed by atoms with Crippen LogP contribution in [0.2, 0.25) is 0 Å². The van der Waals surface area contributed by atoms with Crippen LogP contribution in [0.4, 0.5) is 0 Å². The summed E-state index contributed by atoms with van der Waals surface area (Å²) in [5.41, 5.74) is 1.20. The van der Waals surface area contributed by atoms with Crippen LogP contribution >= 0.6 is 19.3 Å². The molecule has 19 heavy (non-hydrogen) atoms. The van der Waals surface area contributed by atoms with E-state index in [4.69, 9.17) is 4.98 Å². The second-order valence-corrected chi connectivity index (χ2v) is 7.46. The van der Waals surface area contributed by atoms with Crippen LogP contribution in [0, 0.1) is 6.92 Å². The summed E-state index contributed by atoms with van der Waals surface area (Å²) >= 11 is 1.73. The molecule has 0 fully saturated rings. The molecule has 0 N–H and O–H groups in total. The Morgan fingerprint density at radius 1 is 0.842 bits per heavy atom. The number of nitrogens with zero attached hydrogens (tertiary/aromatic N) is 1. The van der Waals surface area contributed by atoms with E-state index in [0.29, 0.717) is 0 Å². The summed E-state index contributed by atoms with van der Waals surface area (Å²) in [6.07, 6.45) is 0. The van der Waals surface area contributed by atoms with Crippen LogP contribution in [-0.4, -0.2) is 4.98 Å². The highest BCUT2D eigenvalue weighted by atomic mass is 32.1. The van der Waals surface area contributed by atoms with E-state index in [9.17, 15) is 0 Å². The van der Waals surface area contributed by atoms with E-state index in [0.717, 1.165) is 5.01 Å². The van der Waals surface area contributed by atoms with Gasteiger partial charge >= 0.3 is 0 Å². The molecule has 1 heterocycles. The Bertz CT molecular complexity index is 609. The lowest BCUT2D eigenvalue weighted by Gasteiger charge is -2.16. The highest BCUT2D eigenvalue weighted by molar-refractivity contribution is 7.79. The van der Waals surface area contributed by atoms with Gasteiger partial charge in [-0.2, -0.15) is 0 Å². The van der Waals surface area contributed by atoms with Gasteiger partial charge in [-0.15, -0.1) is 11.3 Å². The molecule has 3 aromatic rings. The predicted molar refractivity (Wildman–Crippen MR) is 85.6 cm³/mol. The van der Waals surface area contributed by atoms with Gasteiger partial charge in [0.05, 0.1) is 10.4 Å². The highest BCUT2D eigenvalue weighted by Crippen LogP contribution is 2.32. The summed E-state index contributed by atoms with van der Waals surface area (Å²) in [5.74, 6) is 0. The number of benzene rings is 2. The maximum atomic E-state index is 4.71. The standard InChI is InChI=1S/C16H14NPS/c1-13-17-16(12-19-13)18(14-8-4-2-5-9-14)15-10-6-3-7-11-15/h2-12H,1H3. The van der Waals surface area contributed by atoms with Crippen molar-refractivity contribution in [1.29, 1.82) is 0 Å². The van der Waals surface area contributed by atoms with Gasteiger partial charge in [0.2, 0.25) is 0 Å². The topological polar surface area (TPSA) is 12.9 Å². The van der Waals surface area contributed by atoms with Gasteiger partial charge in [0.25, 0.3) is 0 Å². The zero-order valence-corrected chi connectivity index (χ0v) is 12.4. The van der Waals surface area contributed by atoms with Gasteiger partial charge in [-0.1, -0.05) is 60.7 Å². The Labute approximate surface area is 118 Å². The molecule has 0 atom stereocenters. The summed E-state index contributed by atoms with van der Waals surface area (Å²) in [7, 11) is -0.526. The van der Waals surface area contributed by atoms with Crippen LogP contribution in [-0.2, 0) is 0 Å². The highest BCUT2D eigenvalue weighted by Gasteiger charge is 2.18. The second kappa shape index (κ2) is 5.64. The Balaban J connectivity index is 2.11. The van der Waals surface area contributed by atoms with E-state index in [1.54, 1.807) is 11.3 Å². The third-order valence-corrected chi connectivity index (χ3v) is 6.13. The van der Waals surface area contributed by atoms with Crippen molar-refractivity contribution in [3.63, 3.8) is 0 Å². The first-order chi connectivity index (χ1) is 9.34. The third kappa shape index (κ3) is 2.75. The molecule has 0 bridgehead atoms. The van der Waals surface area contributed by atoms with Gasteiger partial charge in [-0.25, -0.2) is 4.98 Å². The van der Waals surface area contributed by atoms with E-state index < -0.39 is 7.92 Å². The number of hydrogen-bond donors (Lipinski definition) is 0. The van der Waals surface area contributed by atoms with Crippen molar-refractivity contribution in [1.82, 2.24) is 4.98 Å². The molecule has 0 spiro atoms. The fourth-order valence-corrected chi connectivity index (χ4v) is 5.17. The number of rotatable bonds is 3. The van der Waals surface area contributed by atoms with Gasteiger partial charge in [0.1, 0.15) is 0 Å². The van der Waals surface area contributed by atoms with Crippen molar-refractivity contribution in [3.8, 4) is 0 Å². The van der Waals surface area contributed by atoms with Gasteiger partial charge in [-0.05, 0) is 17.5 Å². The predicted octanol–water partition coefficient (Wildman–Crippen LogP) is 3.21. The molecule has 94 valence electrons. The number of thiazole rings is 1. The van der Waals surface area contributed by atoms with Crippen molar-refractivity contribution in [2.24, 2.45) is 0 Å². The van der Waals surface area contributed by atoms with Crippen LogP contribution in [0.1, 0.15) is 5.01 Å². The van der Waals surface area contributed by atoms with Crippen LogP contribution in [0.15, 0.2) is 66.0 Å². The lowest BCUT2D eigenvalue weighted by Crippen LogP contribution is -2.21. The Hall–Kier alpha value is -1.50. The second-order valence-electron chi connectivity index (χ2n) is 4.23. The summed E-state index contributed by atoms with van der Waals surface area (Å²) < 4.78 is 0. The SMILES string of the molecule is Cc1nc(P(c2ccccc2)c2ccccc2)cs1. The Morgan fingerprint density at radius 3 is 1.79 bits per heavy atom. The van der Waals surface area contributed by atoms with E-state index in [1.807, 2.05) is 0 Å². The number of hydrogen-bond acceptors (Lipinski definition) is 2. The minimum atomic E-state index is -0.526. The molecule has 0 saturated heterocycles. The molecule has 0 radical (unpaired) electrons. The maximum Gasteiger partial charge on any atom is 0.0902 e. The molecule has 0 amide bonds.